The van der Waals surface area contributed by atoms with Crippen LogP contribution in [0.1, 0.15) is 13.0 Å². The van der Waals surface area contributed by atoms with Crippen molar-refractivity contribution in [1.82, 2.24) is 19.7 Å². The summed E-state index contributed by atoms with van der Waals surface area (Å²) in [7, 11) is 0. The molecule has 3 aromatic rings. The van der Waals surface area contributed by atoms with Crippen LogP contribution in [0.25, 0.3) is 22.2 Å². The number of aromatic amines is 1. The molecule has 0 saturated heterocycles. The highest BCUT2D eigenvalue weighted by molar-refractivity contribution is 5.92. The second-order valence-electron chi connectivity index (χ2n) is 5.98. The maximum absolute atomic E-state index is 11.5. The van der Waals surface area contributed by atoms with Crippen LogP contribution < -0.4 is 0 Å². The van der Waals surface area contributed by atoms with Crippen LogP contribution in [0.15, 0.2) is 61.2 Å². The van der Waals surface area contributed by atoms with E-state index in [-0.39, 0.29) is 4.92 Å². The van der Waals surface area contributed by atoms with Gasteiger partial charge in [0.05, 0.1) is 6.20 Å². The summed E-state index contributed by atoms with van der Waals surface area (Å²) in [5.74, 6) is 0. The lowest BCUT2D eigenvalue weighted by Crippen LogP contribution is -2.42. The molecule has 0 saturated carbocycles. The molecule has 0 radical (unpaired) electrons. The largest absolute Gasteiger partial charge is 0.346 e. The minimum absolute atomic E-state index is 0.268. The molecular formula is C17H15N5O2. The van der Waals surface area contributed by atoms with Crippen LogP contribution >= 0.6 is 0 Å². The Labute approximate surface area is 137 Å². The Hall–Kier alpha value is -3.22. The SMILES string of the molecule is CC1([N+](=O)[O-])C=CC=CC1n1cc(-c2ccnc3[nH]ccc23)cn1. The molecule has 24 heavy (non-hydrogen) atoms. The minimum Gasteiger partial charge on any atom is -0.346 e. The number of nitro groups is 1. The fraction of sp³-hybridized carbons (Fsp3) is 0.176. The van der Waals surface area contributed by atoms with E-state index in [1.165, 1.54) is 0 Å². The van der Waals surface area contributed by atoms with Crippen molar-refractivity contribution < 1.29 is 4.92 Å². The number of nitrogens with one attached hydrogen (secondary N) is 1. The predicted molar refractivity (Wildman–Crippen MR) is 90.0 cm³/mol. The summed E-state index contributed by atoms with van der Waals surface area (Å²) in [5, 5.41) is 16.9. The number of allylic oxidation sites excluding steroid dienone is 2. The molecule has 2 atom stereocenters. The summed E-state index contributed by atoms with van der Waals surface area (Å²) in [5.41, 5.74) is 1.47. The summed E-state index contributed by atoms with van der Waals surface area (Å²) in [6.45, 7) is 1.61. The maximum Gasteiger partial charge on any atom is 0.263 e. The van der Waals surface area contributed by atoms with Crippen LogP contribution in [0.4, 0.5) is 0 Å². The Bertz CT molecular complexity index is 984. The second kappa shape index (κ2) is 5.16. The number of aromatic nitrogens is 4. The first-order valence-corrected chi connectivity index (χ1v) is 7.57. The monoisotopic (exact) mass is 321 g/mol. The first-order valence-electron chi connectivity index (χ1n) is 7.57. The summed E-state index contributed by atoms with van der Waals surface area (Å²) in [6, 6.07) is 3.40. The topological polar surface area (TPSA) is 89.6 Å². The lowest BCUT2D eigenvalue weighted by atomic mass is 9.89. The standard InChI is InChI=1S/C17H15N5O2/c1-17(22(23)24)7-3-2-4-15(17)21-11-12(10-20-21)13-5-8-18-16-14(13)6-9-19-16/h2-11,15H,1H3,(H,18,19). The summed E-state index contributed by atoms with van der Waals surface area (Å²) >= 11 is 0. The van der Waals surface area contributed by atoms with E-state index in [9.17, 15) is 10.1 Å². The van der Waals surface area contributed by atoms with Gasteiger partial charge >= 0.3 is 0 Å². The Morgan fingerprint density at radius 1 is 1.38 bits per heavy atom. The van der Waals surface area contributed by atoms with Gasteiger partial charge in [-0.1, -0.05) is 18.2 Å². The highest BCUT2D eigenvalue weighted by Crippen LogP contribution is 2.33. The van der Waals surface area contributed by atoms with E-state index in [4.69, 9.17) is 0 Å². The van der Waals surface area contributed by atoms with Crippen molar-refractivity contribution in [2.24, 2.45) is 0 Å². The van der Waals surface area contributed by atoms with Crippen molar-refractivity contribution >= 4 is 11.0 Å². The average molecular weight is 321 g/mol. The zero-order chi connectivity index (χ0) is 16.7. The van der Waals surface area contributed by atoms with Gasteiger partial charge in [-0.2, -0.15) is 5.10 Å². The van der Waals surface area contributed by atoms with Crippen LogP contribution in [0.5, 0.6) is 0 Å². The van der Waals surface area contributed by atoms with Crippen molar-refractivity contribution in [3.05, 3.63) is 71.3 Å². The molecule has 120 valence electrons. The normalized spacial score (nSPS) is 23.0. The smallest absolute Gasteiger partial charge is 0.263 e. The molecule has 1 aliphatic rings. The van der Waals surface area contributed by atoms with Gasteiger partial charge in [-0.3, -0.25) is 14.8 Å². The van der Waals surface area contributed by atoms with Crippen LogP contribution in [0, 0.1) is 10.1 Å². The first kappa shape index (κ1) is 14.4. The minimum atomic E-state index is -1.22. The average Bonchev–Trinajstić information content (AvgIpc) is 3.24. The number of pyridine rings is 1. The Morgan fingerprint density at radius 3 is 3.08 bits per heavy atom. The highest BCUT2D eigenvalue weighted by Gasteiger charge is 2.44. The molecular weight excluding hydrogens is 306 g/mol. The molecule has 4 rings (SSSR count). The van der Waals surface area contributed by atoms with E-state index in [2.05, 4.69) is 15.1 Å². The van der Waals surface area contributed by atoms with E-state index in [1.54, 1.807) is 42.2 Å². The van der Waals surface area contributed by atoms with E-state index in [0.717, 1.165) is 22.2 Å². The van der Waals surface area contributed by atoms with Crippen LogP contribution in [0.2, 0.25) is 0 Å². The van der Waals surface area contributed by atoms with Crippen molar-refractivity contribution in [2.45, 2.75) is 18.5 Å². The third-order valence-electron chi connectivity index (χ3n) is 4.49. The number of rotatable bonds is 3. The number of nitrogens with zero attached hydrogens (tertiary/aromatic N) is 4. The zero-order valence-corrected chi connectivity index (χ0v) is 13.0. The van der Waals surface area contributed by atoms with Crippen LogP contribution in [-0.2, 0) is 0 Å². The fourth-order valence-corrected chi connectivity index (χ4v) is 3.08. The molecule has 3 heterocycles. The lowest BCUT2D eigenvalue weighted by Gasteiger charge is -2.27. The molecule has 2 unspecified atom stereocenters. The van der Waals surface area contributed by atoms with Gasteiger partial charge in [0, 0.05) is 41.4 Å². The van der Waals surface area contributed by atoms with Crippen LogP contribution in [0.3, 0.4) is 0 Å². The quantitative estimate of drug-likeness (QED) is 0.593. The summed E-state index contributed by atoms with van der Waals surface area (Å²) < 4.78 is 1.65. The van der Waals surface area contributed by atoms with Crippen molar-refractivity contribution in [3.63, 3.8) is 0 Å². The van der Waals surface area contributed by atoms with Crippen molar-refractivity contribution in [2.75, 3.05) is 0 Å². The molecule has 0 bridgehead atoms. The number of hydrogen-bond acceptors (Lipinski definition) is 4. The van der Waals surface area contributed by atoms with Gasteiger partial charge in [0.1, 0.15) is 11.7 Å². The third kappa shape index (κ3) is 2.05. The fourth-order valence-electron chi connectivity index (χ4n) is 3.08. The van der Waals surface area contributed by atoms with Gasteiger partial charge in [0.2, 0.25) is 0 Å². The second-order valence-corrected chi connectivity index (χ2v) is 5.98. The van der Waals surface area contributed by atoms with Crippen molar-refractivity contribution in [1.29, 1.82) is 0 Å². The van der Waals surface area contributed by atoms with E-state index in [0.29, 0.717) is 0 Å². The van der Waals surface area contributed by atoms with Gasteiger partial charge < -0.3 is 4.98 Å². The summed E-state index contributed by atoms with van der Waals surface area (Å²) in [4.78, 5) is 18.6. The molecule has 1 N–H and O–H groups in total. The Balaban J connectivity index is 1.78. The van der Waals surface area contributed by atoms with E-state index < -0.39 is 11.6 Å². The number of hydrogen-bond donors (Lipinski definition) is 1. The van der Waals surface area contributed by atoms with Crippen molar-refractivity contribution in [3.8, 4) is 11.1 Å². The van der Waals surface area contributed by atoms with E-state index >= 15 is 0 Å². The highest BCUT2D eigenvalue weighted by atomic mass is 16.6. The predicted octanol–water partition coefficient (Wildman–Crippen LogP) is 3.13. The maximum atomic E-state index is 11.5. The van der Waals surface area contributed by atoms with Gasteiger partial charge in [0.15, 0.2) is 0 Å². The summed E-state index contributed by atoms with van der Waals surface area (Å²) in [6.07, 6.45) is 14.1. The lowest BCUT2D eigenvalue weighted by molar-refractivity contribution is -0.556. The van der Waals surface area contributed by atoms with E-state index in [1.807, 2.05) is 30.6 Å². The molecule has 0 aliphatic heterocycles. The zero-order valence-electron chi connectivity index (χ0n) is 13.0. The van der Waals surface area contributed by atoms with Gasteiger partial charge in [-0.15, -0.1) is 0 Å². The molecule has 0 aromatic carbocycles. The molecule has 3 aromatic heterocycles. The molecule has 7 heteroatoms. The number of fused-ring (bicyclic) bond motifs is 1. The third-order valence-corrected chi connectivity index (χ3v) is 4.49. The van der Waals surface area contributed by atoms with Gasteiger partial charge in [0.25, 0.3) is 5.54 Å². The molecule has 0 spiro atoms. The Morgan fingerprint density at radius 2 is 2.25 bits per heavy atom. The number of H-pyrrole nitrogens is 1. The molecule has 7 nitrogen and oxygen atoms in total. The van der Waals surface area contributed by atoms with Gasteiger partial charge in [-0.05, 0) is 23.8 Å². The van der Waals surface area contributed by atoms with Gasteiger partial charge in [-0.25, -0.2) is 4.98 Å². The Kier molecular flexibility index (Phi) is 3.09. The first-order chi connectivity index (χ1) is 11.6. The molecule has 0 fully saturated rings. The van der Waals surface area contributed by atoms with Crippen LogP contribution in [-0.4, -0.2) is 30.2 Å². The molecule has 1 aliphatic carbocycles. The molecule has 0 amide bonds.